The van der Waals surface area contributed by atoms with Crippen LogP contribution in [0.3, 0.4) is 0 Å². The number of rotatable bonds is 7. The number of hydrogen-bond acceptors (Lipinski definition) is 6. The molecule has 0 bridgehead atoms. The topological polar surface area (TPSA) is 85.2 Å². The van der Waals surface area contributed by atoms with Gasteiger partial charge >= 0.3 is 5.97 Å². The highest BCUT2D eigenvalue weighted by molar-refractivity contribution is 5.81. The summed E-state index contributed by atoms with van der Waals surface area (Å²) in [4.78, 5) is 11.1. The van der Waals surface area contributed by atoms with Crippen LogP contribution in [0.2, 0.25) is 0 Å². The van der Waals surface area contributed by atoms with Gasteiger partial charge in [-0.15, -0.1) is 0 Å². The maximum absolute atomic E-state index is 11.1. The molecule has 1 aliphatic heterocycles. The molecule has 6 nitrogen and oxygen atoms in total. The Kier molecular flexibility index (Phi) is 17.4. The Balaban J connectivity index is 0. The van der Waals surface area contributed by atoms with Gasteiger partial charge in [0.05, 0.1) is 24.9 Å². The summed E-state index contributed by atoms with van der Waals surface area (Å²) in [6, 6.07) is 0. The van der Waals surface area contributed by atoms with E-state index in [-0.39, 0.29) is 24.6 Å². The van der Waals surface area contributed by atoms with Gasteiger partial charge in [-0.2, -0.15) is 0 Å². The molecular weight excluding hydrogens is 324 g/mol. The lowest BCUT2D eigenvalue weighted by atomic mass is 10.0. The van der Waals surface area contributed by atoms with Crippen molar-refractivity contribution in [2.45, 2.75) is 98.4 Å². The molecule has 0 unspecified atom stereocenters. The SMILES string of the molecule is CC.CC.CCOC(=O)/C=C\CC[C@@H](C)O[C@@H]1O[C@@H](C)[C@H](O)C[C@H]1O. The molecule has 25 heavy (non-hydrogen) atoms. The molecule has 1 fully saturated rings. The maximum Gasteiger partial charge on any atom is 0.330 e. The van der Waals surface area contributed by atoms with Crippen LogP contribution in [0.25, 0.3) is 0 Å². The van der Waals surface area contributed by atoms with Crippen LogP contribution in [0.1, 0.15) is 67.7 Å². The van der Waals surface area contributed by atoms with Crippen molar-refractivity contribution >= 4 is 5.97 Å². The second-order valence-electron chi connectivity index (χ2n) is 5.26. The van der Waals surface area contributed by atoms with Crippen molar-refractivity contribution in [3.8, 4) is 0 Å². The van der Waals surface area contributed by atoms with Crippen LogP contribution < -0.4 is 0 Å². The molecule has 0 aromatic carbocycles. The molecule has 5 atom stereocenters. The first-order chi connectivity index (χ1) is 11.9. The van der Waals surface area contributed by atoms with Gasteiger partial charge in [0.25, 0.3) is 0 Å². The standard InChI is InChI=1S/C15H26O6.2C2H6/c1-4-19-14(18)8-6-5-7-10(2)20-15-13(17)9-12(16)11(3)21-15;2*1-2/h6,8,10-13,15-17H,4-5,7,9H2,1-3H3;2*1-2H3/b8-6-;;/t10-,11+,12-,13-,15-;;/m1../s1. The zero-order chi connectivity index (χ0) is 19.8. The summed E-state index contributed by atoms with van der Waals surface area (Å²) in [6.45, 7) is 13.8. The number of carbonyl (C=O) groups excluding carboxylic acids is 1. The van der Waals surface area contributed by atoms with Crippen molar-refractivity contribution in [2.75, 3.05) is 6.61 Å². The second kappa shape index (κ2) is 16.5. The zero-order valence-corrected chi connectivity index (χ0v) is 16.9. The van der Waals surface area contributed by atoms with Crippen LogP contribution in [-0.4, -0.2) is 53.5 Å². The molecule has 1 aliphatic rings. The van der Waals surface area contributed by atoms with Gasteiger partial charge in [-0.3, -0.25) is 0 Å². The fourth-order valence-electron chi connectivity index (χ4n) is 2.06. The van der Waals surface area contributed by atoms with E-state index in [2.05, 4.69) is 0 Å². The average molecular weight is 363 g/mol. The summed E-state index contributed by atoms with van der Waals surface area (Å²) in [5, 5.41) is 19.4. The second-order valence-corrected chi connectivity index (χ2v) is 5.26. The lowest BCUT2D eigenvalue weighted by Gasteiger charge is -2.36. The average Bonchev–Trinajstić information content (AvgIpc) is 2.60. The number of hydrogen-bond donors (Lipinski definition) is 2. The largest absolute Gasteiger partial charge is 0.463 e. The summed E-state index contributed by atoms with van der Waals surface area (Å²) in [5.74, 6) is -0.347. The Hall–Kier alpha value is -0.950. The van der Waals surface area contributed by atoms with Crippen molar-refractivity contribution in [2.24, 2.45) is 0 Å². The smallest absolute Gasteiger partial charge is 0.330 e. The maximum atomic E-state index is 11.1. The number of allylic oxidation sites excluding steroid dienone is 1. The molecule has 6 heteroatoms. The minimum absolute atomic E-state index is 0.126. The lowest BCUT2D eigenvalue weighted by molar-refractivity contribution is -0.273. The number of aliphatic hydroxyl groups is 2. The molecule has 0 spiro atoms. The van der Waals surface area contributed by atoms with Crippen molar-refractivity contribution in [1.82, 2.24) is 0 Å². The molecule has 0 saturated carbocycles. The third-order valence-electron chi connectivity index (χ3n) is 3.33. The van der Waals surface area contributed by atoms with Crippen LogP contribution in [-0.2, 0) is 19.0 Å². The van der Waals surface area contributed by atoms with E-state index in [9.17, 15) is 15.0 Å². The van der Waals surface area contributed by atoms with E-state index in [1.807, 2.05) is 34.6 Å². The quantitative estimate of drug-likeness (QED) is 0.534. The van der Waals surface area contributed by atoms with E-state index in [1.54, 1.807) is 19.9 Å². The molecule has 0 radical (unpaired) electrons. The molecule has 0 aliphatic carbocycles. The highest BCUT2D eigenvalue weighted by Crippen LogP contribution is 2.22. The van der Waals surface area contributed by atoms with E-state index < -0.39 is 18.5 Å². The van der Waals surface area contributed by atoms with Crippen molar-refractivity contribution in [1.29, 1.82) is 0 Å². The summed E-state index contributed by atoms with van der Waals surface area (Å²) in [7, 11) is 0. The van der Waals surface area contributed by atoms with Crippen LogP contribution in [0.15, 0.2) is 12.2 Å². The van der Waals surface area contributed by atoms with E-state index in [4.69, 9.17) is 14.2 Å². The highest BCUT2D eigenvalue weighted by Gasteiger charge is 2.35. The van der Waals surface area contributed by atoms with Crippen LogP contribution in [0, 0.1) is 0 Å². The monoisotopic (exact) mass is 362 g/mol. The number of carbonyl (C=O) groups is 1. The first-order valence-corrected chi connectivity index (χ1v) is 9.44. The molecule has 0 amide bonds. The molecule has 1 heterocycles. The third kappa shape index (κ3) is 12.1. The minimum atomic E-state index is -0.825. The van der Waals surface area contributed by atoms with Crippen molar-refractivity contribution < 1.29 is 29.2 Å². The fraction of sp³-hybridized carbons (Fsp3) is 0.842. The Morgan fingerprint density at radius 1 is 1.24 bits per heavy atom. The molecule has 2 N–H and O–H groups in total. The van der Waals surface area contributed by atoms with Gasteiger partial charge in [-0.1, -0.05) is 33.8 Å². The molecular formula is C19H38O6. The Labute approximate surface area is 153 Å². The predicted molar refractivity (Wildman–Crippen MR) is 99.2 cm³/mol. The number of aliphatic hydroxyl groups excluding tert-OH is 2. The number of esters is 1. The van der Waals surface area contributed by atoms with Gasteiger partial charge in [0.2, 0.25) is 0 Å². The molecule has 1 saturated heterocycles. The minimum Gasteiger partial charge on any atom is -0.463 e. The summed E-state index contributed by atoms with van der Waals surface area (Å²) in [5.41, 5.74) is 0. The van der Waals surface area contributed by atoms with Gasteiger partial charge < -0.3 is 24.4 Å². The summed E-state index contributed by atoms with van der Waals surface area (Å²) < 4.78 is 15.9. The van der Waals surface area contributed by atoms with E-state index in [0.29, 0.717) is 19.4 Å². The van der Waals surface area contributed by atoms with E-state index in [0.717, 1.165) is 0 Å². The first kappa shape index (κ1) is 26.3. The van der Waals surface area contributed by atoms with Crippen LogP contribution in [0.5, 0.6) is 0 Å². The lowest BCUT2D eigenvalue weighted by Crippen LogP contribution is -2.48. The summed E-state index contributed by atoms with van der Waals surface area (Å²) >= 11 is 0. The van der Waals surface area contributed by atoms with Crippen molar-refractivity contribution in [3.05, 3.63) is 12.2 Å². The van der Waals surface area contributed by atoms with E-state index in [1.165, 1.54) is 6.08 Å². The third-order valence-corrected chi connectivity index (χ3v) is 3.33. The van der Waals surface area contributed by atoms with Crippen LogP contribution in [0.4, 0.5) is 0 Å². The highest BCUT2D eigenvalue weighted by atomic mass is 16.7. The predicted octanol–water partition coefficient (Wildman–Crippen LogP) is 3.20. The molecule has 0 aromatic heterocycles. The van der Waals surface area contributed by atoms with Gasteiger partial charge in [-0.25, -0.2) is 4.79 Å². The first-order valence-electron chi connectivity index (χ1n) is 9.44. The molecule has 1 rings (SSSR count). The van der Waals surface area contributed by atoms with Gasteiger partial charge in [0, 0.05) is 12.5 Å². The molecule has 0 aromatic rings. The fourth-order valence-corrected chi connectivity index (χ4v) is 2.06. The Morgan fingerprint density at radius 2 is 1.84 bits per heavy atom. The van der Waals surface area contributed by atoms with Gasteiger partial charge in [-0.05, 0) is 33.6 Å². The van der Waals surface area contributed by atoms with Crippen LogP contribution >= 0.6 is 0 Å². The Morgan fingerprint density at radius 3 is 2.40 bits per heavy atom. The normalized spacial score (nSPS) is 26.8. The summed E-state index contributed by atoms with van der Waals surface area (Å²) in [6.07, 6.45) is 2.07. The number of ether oxygens (including phenoxy) is 3. The molecule has 150 valence electrons. The zero-order valence-electron chi connectivity index (χ0n) is 16.9. The van der Waals surface area contributed by atoms with Gasteiger partial charge in [0.1, 0.15) is 6.10 Å². The Bertz CT molecular complexity index is 345. The van der Waals surface area contributed by atoms with Crippen molar-refractivity contribution in [3.63, 3.8) is 0 Å². The van der Waals surface area contributed by atoms with Gasteiger partial charge in [0.15, 0.2) is 6.29 Å². The van der Waals surface area contributed by atoms with E-state index >= 15 is 0 Å².